The third-order valence-electron chi connectivity index (χ3n) is 4.41. The Morgan fingerprint density at radius 2 is 1.86 bits per heavy atom. The Morgan fingerprint density at radius 3 is 2.39 bits per heavy atom. The summed E-state index contributed by atoms with van der Waals surface area (Å²) in [5.74, 6) is -1.15. The molecule has 1 aromatic carbocycles. The molecule has 28 heavy (non-hydrogen) atoms. The number of ether oxygens (including phenoxy) is 2. The van der Waals surface area contributed by atoms with Crippen LogP contribution in [0.4, 0.5) is 18.0 Å². The van der Waals surface area contributed by atoms with Crippen LogP contribution in [0, 0.1) is 0 Å². The van der Waals surface area contributed by atoms with Gasteiger partial charge in [0, 0.05) is 0 Å². The van der Waals surface area contributed by atoms with Gasteiger partial charge in [0.25, 0.3) is 5.91 Å². The zero-order chi connectivity index (χ0) is 21.3. The maximum Gasteiger partial charge on any atom is 0.405 e. The molecule has 2 N–H and O–H groups in total. The molecule has 1 aliphatic heterocycles. The summed E-state index contributed by atoms with van der Waals surface area (Å²) in [6, 6.07) is 2.25. The number of imide groups is 1. The number of methoxy groups -OCH3 is 2. The van der Waals surface area contributed by atoms with Crippen LogP contribution in [0.1, 0.15) is 19.4 Å². The van der Waals surface area contributed by atoms with Crippen LogP contribution >= 0.6 is 0 Å². The first-order chi connectivity index (χ1) is 12.9. The van der Waals surface area contributed by atoms with Gasteiger partial charge in [-0.3, -0.25) is 9.59 Å². The van der Waals surface area contributed by atoms with Gasteiger partial charge in [0.05, 0.1) is 14.2 Å². The zero-order valence-corrected chi connectivity index (χ0v) is 15.6. The summed E-state index contributed by atoms with van der Waals surface area (Å²) < 4.78 is 47.2. The Bertz CT molecular complexity index is 799. The summed E-state index contributed by atoms with van der Waals surface area (Å²) in [6.45, 7) is 1.03. The van der Waals surface area contributed by atoms with Crippen molar-refractivity contribution in [3.63, 3.8) is 0 Å². The standard InChI is InChI=1S/C17H20F3N3O5/c1-9(13(24)21-8-17(18,19)20)23-14(25)16(2,22-15(23)26)10-5-6-11(27-3)12(7-10)28-4/h5-7,9H,8H2,1-4H3,(H,21,24)(H,22,26). The summed E-state index contributed by atoms with van der Waals surface area (Å²) in [5, 5.41) is 4.15. The number of nitrogens with zero attached hydrogens (tertiary/aromatic N) is 1. The van der Waals surface area contributed by atoms with Gasteiger partial charge in [-0.05, 0) is 31.5 Å². The van der Waals surface area contributed by atoms with Gasteiger partial charge in [-0.25, -0.2) is 9.69 Å². The second-order valence-corrected chi connectivity index (χ2v) is 6.31. The number of benzene rings is 1. The van der Waals surface area contributed by atoms with E-state index in [-0.39, 0.29) is 0 Å². The summed E-state index contributed by atoms with van der Waals surface area (Å²) in [4.78, 5) is 37.8. The van der Waals surface area contributed by atoms with Crippen molar-refractivity contribution in [2.45, 2.75) is 31.6 Å². The highest BCUT2D eigenvalue weighted by Gasteiger charge is 2.52. The number of hydrogen-bond donors (Lipinski definition) is 2. The van der Waals surface area contributed by atoms with Crippen LogP contribution < -0.4 is 20.1 Å². The van der Waals surface area contributed by atoms with Crippen LogP contribution in [-0.4, -0.2) is 55.7 Å². The van der Waals surface area contributed by atoms with Crippen LogP contribution in [0.25, 0.3) is 0 Å². The second kappa shape index (κ2) is 7.56. The van der Waals surface area contributed by atoms with Crippen molar-refractivity contribution < 1.29 is 37.0 Å². The first kappa shape index (κ1) is 21.3. The van der Waals surface area contributed by atoms with E-state index >= 15 is 0 Å². The first-order valence-electron chi connectivity index (χ1n) is 8.17. The number of urea groups is 1. The van der Waals surface area contributed by atoms with E-state index in [9.17, 15) is 27.6 Å². The minimum Gasteiger partial charge on any atom is -0.493 e. The van der Waals surface area contributed by atoms with Crippen molar-refractivity contribution in [2.24, 2.45) is 0 Å². The van der Waals surface area contributed by atoms with Gasteiger partial charge in [-0.15, -0.1) is 0 Å². The molecule has 1 aromatic rings. The normalized spacial score (nSPS) is 20.6. The Labute approximate surface area is 159 Å². The van der Waals surface area contributed by atoms with Crippen LogP contribution in [0.3, 0.4) is 0 Å². The van der Waals surface area contributed by atoms with Crippen molar-refractivity contribution in [1.82, 2.24) is 15.5 Å². The lowest BCUT2D eigenvalue weighted by Gasteiger charge is -2.25. The van der Waals surface area contributed by atoms with Gasteiger partial charge in [-0.2, -0.15) is 13.2 Å². The third kappa shape index (κ3) is 3.97. The highest BCUT2D eigenvalue weighted by molar-refractivity contribution is 6.10. The first-order valence-corrected chi connectivity index (χ1v) is 8.17. The molecule has 154 valence electrons. The van der Waals surface area contributed by atoms with E-state index in [2.05, 4.69) is 5.32 Å². The lowest BCUT2D eigenvalue weighted by Crippen LogP contribution is -2.50. The van der Waals surface area contributed by atoms with Gasteiger partial charge < -0.3 is 20.1 Å². The topological polar surface area (TPSA) is 97.0 Å². The van der Waals surface area contributed by atoms with Gasteiger partial charge >= 0.3 is 12.2 Å². The van der Waals surface area contributed by atoms with E-state index in [1.807, 2.05) is 0 Å². The summed E-state index contributed by atoms with van der Waals surface area (Å²) >= 11 is 0. The fourth-order valence-electron chi connectivity index (χ4n) is 2.81. The molecule has 11 heteroatoms. The van der Waals surface area contributed by atoms with Gasteiger partial charge in [-0.1, -0.05) is 6.07 Å². The molecule has 1 heterocycles. The smallest absolute Gasteiger partial charge is 0.405 e. The lowest BCUT2D eigenvalue weighted by atomic mass is 9.91. The number of nitrogens with one attached hydrogen (secondary N) is 2. The van der Waals surface area contributed by atoms with Crippen molar-refractivity contribution in [3.05, 3.63) is 23.8 Å². The van der Waals surface area contributed by atoms with E-state index in [1.165, 1.54) is 40.2 Å². The van der Waals surface area contributed by atoms with Crippen LogP contribution in [-0.2, 0) is 15.1 Å². The van der Waals surface area contributed by atoms with E-state index in [0.717, 1.165) is 0 Å². The number of amides is 4. The summed E-state index contributed by atoms with van der Waals surface area (Å²) in [6.07, 6.45) is -4.61. The quantitative estimate of drug-likeness (QED) is 0.703. The lowest BCUT2D eigenvalue weighted by molar-refractivity contribution is -0.144. The molecule has 0 radical (unpaired) electrons. The molecule has 1 saturated heterocycles. The molecule has 0 saturated carbocycles. The molecule has 4 amide bonds. The number of alkyl halides is 3. The minimum atomic E-state index is -4.61. The van der Waals surface area contributed by atoms with E-state index in [1.54, 1.807) is 11.4 Å². The monoisotopic (exact) mass is 403 g/mol. The van der Waals surface area contributed by atoms with E-state index < -0.39 is 42.1 Å². The van der Waals surface area contributed by atoms with Gasteiger partial charge in [0.15, 0.2) is 11.5 Å². The molecule has 0 aromatic heterocycles. The number of rotatable bonds is 6. The summed E-state index contributed by atoms with van der Waals surface area (Å²) in [7, 11) is 2.84. The largest absolute Gasteiger partial charge is 0.493 e. The van der Waals surface area contributed by atoms with Crippen LogP contribution in [0.2, 0.25) is 0 Å². The molecular formula is C17H20F3N3O5. The molecule has 1 aliphatic rings. The predicted molar refractivity (Wildman–Crippen MR) is 90.8 cm³/mol. The molecule has 2 rings (SSSR count). The van der Waals surface area contributed by atoms with E-state index in [0.29, 0.717) is 22.0 Å². The fraction of sp³-hybridized carbons (Fsp3) is 0.471. The number of halogens is 3. The molecular weight excluding hydrogens is 383 g/mol. The van der Waals surface area contributed by atoms with Crippen molar-refractivity contribution >= 4 is 17.8 Å². The molecule has 1 fully saturated rings. The van der Waals surface area contributed by atoms with Crippen molar-refractivity contribution in [2.75, 3.05) is 20.8 Å². The molecule has 0 spiro atoms. The Balaban J connectivity index is 2.28. The Morgan fingerprint density at radius 1 is 1.25 bits per heavy atom. The molecule has 2 atom stereocenters. The van der Waals surface area contributed by atoms with Crippen molar-refractivity contribution in [3.8, 4) is 11.5 Å². The molecule has 0 bridgehead atoms. The maximum absolute atomic E-state index is 12.9. The Kier molecular flexibility index (Phi) is 5.76. The van der Waals surface area contributed by atoms with Gasteiger partial charge in [0.2, 0.25) is 5.91 Å². The van der Waals surface area contributed by atoms with Crippen molar-refractivity contribution in [1.29, 1.82) is 0 Å². The van der Waals surface area contributed by atoms with Crippen LogP contribution in [0.15, 0.2) is 18.2 Å². The molecule has 8 nitrogen and oxygen atoms in total. The number of carbonyl (C=O) groups excluding carboxylic acids is 3. The average Bonchev–Trinajstić information content (AvgIpc) is 2.87. The highest BCUT2D eigenvalue weighted by Crippen LogP contribution is 2.35. The molecule has 0 aliphatic carbocycles. The number of carbonyl (C=O) groups is 3. The van der Waals surface area contributed by atoms with Crippen LogP contribution in [0.5, 0.6) is 11.5 Å². The maximum atomic E-state index is 12.9. The van der Waals surface area contributed by atoms with Gasteiger partial charge in [0.1, 0.15) is 18.1 Å². The Hall–Kier alpha value is -2.98. The highest BCUT2D eigenvalue weighted by atomic mass is 19.4. The minimum absolute atomic E-state index is 0.317. The SMILES string of the molecule is COc1ccc(C2(C)NC(=O)N(C(C)C(=O)NCC(F)(F)F)C2=O)cc1OC. The number of hydrogen-bond acceptors (Lipinski definition) is 5. The predicted octanol–water partition coefficient (Wildman–Crippen LogP) is 1.54. The fourth-order valence-corrected chi connectivity index (χ4v) is 2.81. The van der Waals surface area contributed by atoms with E-state index in [4.69, 9.17) is 9.47 Å². The zero-order valence-electron chi connectivity index (χ0n) is 15.6. The second-order valence-electron chi connectivity index (χ2n) is 6.31. The third-order valence-corrected chi connectivity index (χ3v) is 4.41. The molecule has 2 unspecified atom stereocenters. The summed E-state index contributed by atoms with van der Waals surface area (Å²) in [5.41, 5.74) is -1.18. The average molecular weight is 403 g/mol.